The van der Waals surface area contributed by atoms with Crippen LogP contribution in [0.25, 0.3) is 11.2 Å². The number of aromatic amines is 1. The van der Waals surface area contributed by atoms with Crippen molar-refractivity contribution < 1.29 is 33.6 Å². The Hall–Kier alpha value is -2.65. The topological polar surface area (TPSA) is 203 Å². The number of aliphatic hydroxyl groups excluding tert-OH is 1. The van der Waals surface area contributed by atoms with Crippen LogP contribution in [0.15, 0.2) is 47.8 Å². The van der Waals surface area contributed by atoms with Gasteiger partial charge >= 0.3 is 12.7 Å². The van der Waals surface area contributed by atoms with Crippen LogP contribution in [0.1, 0.15) is 5.56 Å². The Labute approximate surface area is 190 Å². The zero-order chi connectivity index (χ0) is 24.0. The number of fused-ring (bicyclic) bond motifs is 1. The molecule has 0 spiro atoms. The molecule has 16 heteroatoms. The van der Waals surface area contributed by atoms with Crippen molar-refractivity contribution in [2.24, 2.45) is 0 Å². The van der Waals surface area contributed by atoms with E-state index in [1.807, 2.05) is 0 Å². The third-order valence-electron chi connectivity index (χ3n) is 5.39. The monoisotopic (exact) mass is 499 g/mol. The second-order valence-electron chi connectivity index (χ2n) is 7.34. The average molecular weight is 499 g/mol. The Morgan fingerprint density at radius 2 is 2.03 bits per heavy atom. The number of ether oxygens (including phenoxy) is 1. The molecular formula is C17H18N5O9PS. The summed E-state index contributed by atoms with van der Waals surface area (Å²) in [5.74, 6) is 0. The van der Waals surface area contributed by atoms with E-state index in [0.717, 1.165) is 17.2 Å². The van der Waals surface area contributed by atoms with Crippen LogP contribution in [0.5, 0.6) is 0 Å². The smallest absolute Gasteiger partial charge is 0.382 e. The third-order valence-corrected chi connectivity index (χ3v) is 6.65. The van der Waals surface area contributed by atoms with Gasteiger partial charge in [-0.25, -0.2) is 14.5 Å². The van der Waals surface area contributed by atoms with Crippen LogP contribution in [0.4, 0.5) is 0 Å². The number of phosphoric ester groups is 1. The molecule has 1 aliphatic rings. The Morgan fingerprint density at radius 1 is 1.33 bits per heavy atom. The van der Waals surface area contributed by atoms with Gasteiger partial charge in [0.25, 0.3) is 5.56 Å². The summed E-state index contributed by atoms with van der Waals surface area (Å²) in [5, 5.41) is 23.3. The highest BCUT2D eigenvalue weighted by molar-refractivity contribution is 7.81. The molecule has 3 aromatic rings. The highest BCUT2D eigenvalue weighted by Crippen LogP contribution is 2.51. The number of benzene rings is 1. The molecule has 33 heavy (non-hydrogen) atoms. The Kier molecular flexibility index (Phi) is 5.90. The molecular weight excluding hydrogens is 481 g/mol. The van der Waals surface area contributed by atoms with E-state index in [9.17, 15) is 24.6 Å². The quantitative estimate of drug-likeness (QED) is 0.0946. The summed E-state index contributed by atoms with van der Waals surface area (Å²) in [6.45, 7) is -0.876. The molecule has 1 fully saturated rings. The minimum absolute atomic E-state index is 0.0845. The molecule has 0 amide bonds. The molecule has 1 saturated heterocycles. The van der Waals surface area contributed by atoms with Gasteiger partial charge in [0.05, 0.1) is 19.3 Å². The lowest BCUT2D eigenvalue weighted by Crippen LogP contribution is -2.59. The number of phosphoric acid groups is 1. The average Bonchev–Trinajstić information content (AvgIpc) is 3.28. The summed E-state index contributed by atoms with van der Waals surface area (Å²) in [4.78, 5) is 49.6. The van der Waals surface area contributed by atoms with Gasteiger partial charge in [0.1, 0.15) is 6.10 Å². The van der Waals surface area contributed by atoms with Crippen LogP contribution in [-0.4, -0.2) is 63.0 Å². The van der Waals surface area contributed by atoms with E-state index in [1.54, 1.807) is 30.3 Å². The van der Waals surface area contributed by atoms with Gasteiger partial charge in [-0.1, -0.05) is 43.0 Å². The number of thiol groups is 1. The number of nitrogens with zero attached hydrogens (tertiary/aromatic N) is 4. The van der Waals surface area contributed by atoms with Crippen molar-refractivity contribution in [2.45, 2.75) is 29.2 Å². The standard InChI is InChI=1S/C17H18N5O9PS/c23-13-11(7-30-32(27,28)29)31-16(17(13,33)22(25)26,6-10-4-2-1-3-5-10)21-9-20-12-14(21)18-8-19-15(12)24/h1-5,8-9,11,13,23,33H,6-7H2,(H,18,19,24)(H2,27,28,29). The van der Waals surface area contributed by atoms with Crippen LogP contribution in [0.2, 0.25) is 0 Å². The van der Waals surface area contributed by atoms with E-state index in [1.165, 1.54) is 0 Å². The number of H-pyrrole nitrogens is 1. The van der Waals surface area contributed by atoms with E-state index < -0.39 is 47.7 Å². The fourth-order valence-electron chi connectivity index (χ4n) is 3.91. The van der Waals surface area contributed by atoms with Gasteiger partial charge in [0.2, 0.25) is 5.72 Å². The van der Waals surface area contributed by atoms with Crippen LogP contribution >= 0.6 is 20.5 Å². The predicted molar refractivity (Wildman–Crippen MR) is 114 cm³/mol. The zero-order valence-electron chi connectivity index (χ0n) is 16.6. The van der Waals surface area contributed by atoms with Gasteiger partial charge in [-0.15, -0.1) is 0 Å². The first-order chi connectivity index (χ1) is 15.5. The lowest BCUT2D eigenvalue weighted by molar-refractivity contribution is -0.569. The molecule has 3 heterocycles. The highest BCUT2D eigenvalue weighted by atomic mass is 32.1. The van der Waals surface area contributed by atoms with Gasteiger partial charge in [0, 0.05) is 11.3 Å². The molecule has 0 aliphatic carbocycles. The lowest BCUT2D eigenvalue weighted by Gasteiger charge is -2.36. The van der Waals surface area contributed by atoms with Gasteiger partial charge in [-0.3, -0.25) is 24.0 Å². The van der Waals surface area contributed by atoms with Crippen molar-refractivity contribution in [3.8, 4) is 0 Å². The Bertz CT molecular complexity index is 1300. The fourth-order valence-corrected chi connectivity index (χ4v) is 4.66. The molecule has 0 saturated carbocycles. The van der Waals surface area contributed by atoms with E-state index in [-0.39, 0.29) is 17.6 Å². The maximum absolute atomic E-state index is 12.4. The number of nitrogens with one attached hydrogen (secondary N) is 1. The number of imidazole rings is 1. The molecule has 176 valence electrons. The van der Waals surface area contributed by atoms with Crippen LogP contribution < -0.4 is 5.56 Å². The Balaban J connectivity index is 1.95. The molecule has 0 bridgehead atoms. The van der Waals surface area contributed by atoms with E-state index in [2.05, 4.69) is 32.1 Å². The zero-order valence-corrected chi connectivity index (χ0v) is 18.4. The molecule has 14 nitrogen and oxygen atoms in total. The molecule has 4 rings (SSSR count). The molecule has 0 radical (unpaired) electrons. The van der Waals surface area contributed by atoms with Crippen LogP contribution in [-0.2, 0) is 26.0 Å². The number of aromatic nitrogens is 4. The number of nitro groups is 1. The lowest BCUT2D eigenvalue weighted by atomic mass is 9.92. The first-order valence-corrected chi connectivity index (χ1v) is 11.4. The summed E-state index contributed by atoms with van der Waals surface area (Å²) in [6, 6.07) is 8.41. The van der Waals surface area contributed by atoms with Crippen molar-refractivity contribution in [3.63, 3.8) is 0 Å². The van der Waals surface area contributed by atoms with Gasteiger partial charge in [-0.05, 0) is 5.56 Å². The molecule has 2 aromatic heterocycles. The largest absolute Gasteiger partial charge is 0.469 e. The van der Waals surface area contributed by atoms with E-state index >= 15 is 0 Å². The summed E-state index contributed by atoms with van der Waals surface area (Å²) < 4.78 is 22.7. The van der Waals surface area contributed by atoms with Gasteiger partial charge in [-0.2, -0.15) is 0 Å². The summed E-state index contributed by atoms with van der Waals surface area (Å²) >= 11 is 4.26. The van der Waals surface area contributed by atoms with Crippen molar-refractivity contribution in [1.29, 1.82) is 0 Å². The Morgan fingerprint density at radius 3 is 2.67 bits per heavy atom. The number of hydrogen-bond donors (Lipinski definition) is 5. The second kappa shape index (κ2) is 8.29. The summed E-state index contributed by atoms with van der Waals surface area (Å²) in [7, 11) is -4.99. The van der Waals surface area contributed by atoms with Crippen molar-refractivity contribution in [2.75, 3.05) is 6.61 Å². The predicted octanol–water partition coefficient (Wildman–Crippen LogP) is -0.213. The SMILES string of the molecule is O=c1[nH]cnc2c1ncn2C1(Cc2ccccc2)OC(COP(=O)(O)O)C(O)C1(S)[N+](=O)[O-]. The fraction of sp³-hybridized carbons (Fsp3) is 0.353. The van der Waals surface area contributed by atoms with Crippen molar-refractivity contribution >= 4 is 31.6 Å². The summed E-state index contributed by atoms with van der Waals surface area (Å²) in [6.07, 6.45) is -1.65. The second-order valence-corrected chi connectivity index (χ2v) is 9.26. The molecule has 4 atom stereocenters. The van der Waals surface area contributed by atoms with Crippen molar-refractivity contribution in [1.82, 2.24) is 19.5 Å². The van der Waals surface area contributed by atoms with Crippen molar-refractivity contribution in [3.05, 3.63) is 69.0 Å². The third kappa shape index (κ3) is 3.87. The molecule has 1 aromatic carbocycles. The summed E-state index contributed by atoms with van der Waals surface area (Å²) in [5.41, 5.74) is -2.44. The first-order valence-electron chi connectivity index (χ1n) is 9.37. The highest BCUT2D eigenvalue weighted by Gasteiger charge is 2.74. The normalized spacial score (nSPS) is 27.8. The maximum Gasteiger partial charge on any atom is 0.469 e. The van der Waals surface area contributed by atoms with Gasteiger partial charge < -0.3 is 24.6 Å². The molecule has 4 unspecified atom stereocenters. The van der Waals surface area contributed by atoms with Crippen LogP contribution in [0.3, 0.4) is 0 Å². The minimum Gasteiger partial charge on any atom is -0.382 e. The number of hydrogen-bond acceptors (Lipinski definition) is 10. The van der Waals surface area contributed by atoms with E-state index in [0.29, 0.717) is 5.56 Å². The molecule has 1 aliphatic heterocycles. The number of rotatable bonds is 7. The first kappa shape index (κ1) is 23.5. The number of aliphatic hydroxyl groups is 1. The van der Waals surface area contributed by atoms with Crippen LogP contribution in [0, 0.1) is 10.1 Å². The van der Waals surface area contributed by atoms with E-state index in [4.69, 9.17) is 14.5 Å². The molecule has 4 N–H and O–H groups in total. The van der Waals surface area contributed by atoms with Gasteiger partial charge in [0.15, 0.2) is 17.3 Å². The maximum atomic E-state index is 12.4. The minimum atomic E-state index is -4.99.